The molecule has 40 heavy (non-hydrogen) atoms. The minimum atomic E-state index is -4.89. The Balaban J connectivity index is 1.51. The van der Waals surface area contributed by atoms with Gasteiger partial charge in [-0.2, -0.15) is 9.04 Å². The molecule has 15 heteroatoms. The van der Waals surface area contributed by atoms with Crippen LogP contribution in [0, 0.1) is 11.1 Å². The molecular weight excluding hydrogens is 557 g/mol. The first-order chi connectivity index (χ1) is 18.7. The van der Waals surface area contributed by atoms with E-state index in [0.717, 1.165) is 41.0 Å². The molecule has 0 radical (unpaired) electrons. The van der Waals surface area contributed by atoms with Gasteiger partial charge in [-0.25, -0.2) is 8.42 Å². The molecule has 2 fully saturated rings. The van der Waals surface area contributed by atoms with E-state index < -0.39 is 64.4 Å². The van der Waals surface area contributed by atoms with E-state index >= 15 is 0 Å². The first-order valence-electron chi connectivity index (χ1n) is 12.4. The SMILES string of the molecule is CC(C)CC(NC(=O)c1ccc(OC(F)(F)F)cc1)C(=O)N1CCC2C1C(=O)CN2S(=O)(=O)c1ccc[n+]([O-])c1. The number of ether oxygens (including phenoxy) is 1. The quantitative estimate of drug-likeness (QED) is 0.367. The number of halogens is 3. The number of aromatic nitrogens is 1. The van der Waals surface area contributed by atoms with Crippen LogP contribution in [0.25, 0.3) is 0 Å². The van der Waals surface area contributed by atoms with Crippen molar-refractivity contribution in [2.24, 2.45) is 5.92 Å². The number of fused-ring (bicyclic) bond motifs is 1. The Morgan fingerprint density at radius 1 is 1.20 bits per heavy atom. The average Bonchev–Trinajstić information content (AvgIpc) is 3.44. The van der Waals surface area contributed by atoms with Crippen molar-refractivity contribution in [2.75, 3.05) is 13.1 Å². The van der Waals surface area contributed by atoms with Gasteiger partial charge in [0.15, 0.2) is 18.2 Å². The number of sulfonamides is 1. The second-order valence-electron chi connectivity index (χ2n) is 9.98. The minimum Gasteiger partial charge on any atom is -0.619 e. The molecule has 3 atom stereocenters. The first-order valence-corrected chi connectivity index (χ1v) is 13.8. The van der Waals surface area contributed by atoms with Crippen LogP contribution in [0.3, 0.4) is 0 Å². The van der Waals surface area contributed by atoms with Crippen LogP contribution in [-0.2, 0) is 19.6 Å². The topological polar surface area (TPSA) is 140 Å². The van der Waals surface area contributed by atoms with Crippen molar-refractivity contribution in [3.63, 3.8) is 0 Å². The van der Waals surface area contributed by atoms with Crippen LogP contribution in [-0.4, -0.2) is 72.8 Å². The molecule has 0 bridgehead atoms. The Labute approximate surface area is 228 Å². The van der Waals surface area contributed by atoms with Gasteiger partial charge in [0.2, 0.25) is 15.9 Å². The second kappa shape index (κ2) is 11.0. The predicted molar refractivity (Wildman–Crippen MR) is 132 cm³/mol. The molecule has 0 aliphatic carbocycles. The van der Waals surface area contributed by atoms with E-state index in [9.17, 15) is 41.2 Å². The van der Waals surface area contributed by atoms with E-state index in [-0.39, 0.29) is 35.8 Å². The molecule has 0 spiro atoms. The number of pyridine rings is 1. The van der Waals surface area contributed by atoms with Gasteiger partial charge in [-0.3, -0.25) is 14.4 Å². The summed E-state index contributed by atoms with van der Waals surface area (Å²) in [4.78, 5) is 40.5. The Bertz CT molecular complexity index is 1400. The Hall–Kier alpha value is -3.72. The molecule has 1 aromatic carbocycles. The summed E-state index contributed by atoms with van der Waals surface area (Å²) in [5, 5.41) is 14.2. The van der Waals surface area contributed by atoms with Gasteiger partial charge >= 0.3 is 6.36 Å². The molecule has 4 rings (SSSR count). The maximum absolute atomic E-state index is 13.6. The normalized spacial score (nSPS) is 20.4. The summed E-state index contributed by atoms with van der Waals surface area (Å²) in [5.41, 5.74) is -0.0111. The zero-order valence-corrected chi connectivity index (χ0v) is 22.3. The van der Waals surface area contributed by atoms with Gasteiger partial charge < -0.3 is 20.2 Å². The highest BCUT2D eigenvalue weighted by Crippen LogP contribution is 2.34. The van der Waals surface area contributed by atoms with E-state index in [2.05, 4.69) is 10.1 Å². The number of ketones is 1. The van der Waals surface area contributed by atoms with Crippen LogP contribution < -0.4 is 14.8 Å². The maximum atomic E-state index is 13.6. The van der Waals surface area contributed by atoms with Gasteiger partial charge in [0.1, 0.15) is 22.7 Å². The van der Waals surface area contributed by atoms with E-state index in [1.807, 2.05) is 13.8 Å². The second-order valence-corrected chi connectivity index (χ2v) is 11.9. The van der Waals surface area contributed by atoms with Crippen LogP contribution in [0.5, 0.6) is 5.75 Å². The molecule has 11 nitrogen and oxygen atoms in total. The largest absolute Gasteiger partial charge is 0.619 e. The Kier molecular flexibility index (Phi) is 8.08. The first kappa shape index (κ1) is 29.3. The van der Waals surface area contributed by atoms with Crippen molar-refractivity contribution < 1.29 is 45.4 Å². The number of nitrogens with one attached hydrogen (secondary N) is 1. The number of carbonyl (C=O) groups is 3. The fourth-order valence-electron chi connectivity index (χ4n) is 5.01. The Morgan fingerprint density at radius 3 is 2.48 bits per heavy atom. The fraction of sp³-hybridized carbons (Fsp3) is 0.440. The van der Waals surface area contributed by atoms with E-state index in [4.69, 9.17) is 0 Å². The zero-order chi connectivity index (χ0) is 29.4. The summed E-state index contributed by atoms with van der Waals surface area (Å²) in [6, 6.07) is 3.74. The minimum absolute atomic E-state index is 0.0111. The van der Waals surface area contributed by atoms with Gasteiger partial charge in [0.25, 0.3) is 5.91 Å². The smallest absolute Gasteiger partial charge is 0.573 e. The molecule has 1 aromatic heterocycles. The molecule has 2 aliphatic rings. The van der Waals surface area contributed by atoms with Crippen molar-refractivity contribution in [2.45, 2.75) is 56.1 Å². The molecule has 1 N–H and O–H groups in total. The number of alkyl halides is 3. The third-order valence-electron chi connectivity index (χ3n) is 6.68. The van der Waals surface area contributed by atoms with Crippen LogP contribution >= 0.6 is 0 Å². The molecular formula is C25H27F3N4O7S. The van der Waals surface area contributed by atoms with Gasteiger partial charge in [0.05, 0.1) is 12.6 Å². The number of likely N-dealkylation sites (tertiary alicyclic amines) is 1. The molecule has 2 saturated heterocycles. The van der Waals surface area contributed by atoms with Crippen LogP contribution in [0.2, 0.25) is 0 Å². The molecule has 2 amide bonds. The van der Waals surface area contributed by atoms with E-state index in [1.54, 1.807) is 0 Å². The fourth-order valence-corrected chi connectivity index (χ4v) is 6.64. The average molecular weight is 585 g/mol. The number of hydrogen-bond acceptors (Lipinski definition) is 7. The maximum Gasteiger partial charge on any atom is 0.573 e. The highest BCUT2D eigenvalue weighted by atomic mass is 32.2. The van der Waals surface area contributed by atoms with Crippen LogP contribution in [0.4, 0.5) is 13.2 Å². The molecule has 3 heterocycles. The highest BCUT2D eigenvalue weighted by molar-refractivity contribution is 7.89. The lowest BCUT2D eigenvalue weighted by molar-refractivity contribution is -0.607. The van der Waals surface area contributed by atoms with Gasteiger partial charge in [0, 0.05) is 18.2 Å². The van der Waals surface area contributed by atoms with Crippen molar-refractivity contribution >= 4 is 27.6 Å². The number of benzene rings is 1. The lowest BCUT2D eigenvalue weighted by Crippen LogP contribution is -2.53. The van der Waals surface area contributed by atoms with Crippen molar-refractivity contribution in [1.82, 2.24) is 14.5 Å². The van der Waals surface area contributed by atoms with E-state index in [0.29, 0.717) is 4.73 Å². The van der Waals surface area contributed by atoms with Gasteiger partial charge in [-0.1, -0.05) is 13.8 Å². The Morgan fingerprint density at radius 2 is 1.88 bits per heavy atom. The van der Waals surface area contributed by atoms with Crippen molar-refractivity contribution in [3.8, 4) is 5.75 Å². The lowest BCUT2D eigenvalue weighted by Gasteiger charge is -2.29. The van der Waals surface area contributed by atoms with Crippen molar-refractivity contribution in [1.29, 1.82) is 0 Å². The number of nitrogens with zero attached hydrogens (tertiary/aromatic N) is 3. The predicted octanol–water partition coefficient (Wildman–Crippen LogP) is 1.61. The van der Waals surface area contributed by atoms with Gasteiger partial charge in [-0.15, -0.1) is 13.2 Å². The third kappa shape index (κ3) is 6.20. The van der Waals surface area contributed by atoms with Crippen LogP contribution in [0.15, 0.2) is 53.7 Å². The summed E-state index contributed by atoms with van der Waals surface area (Å²) < 4.78 is 68.9. The standard InChI is InChI=1S/C25H27F3N4O7S/c1-15(2)12-19(29-23(34)16-5-7-17(8-6-16)39-25(26,27)28)24(35)31-11-9-20-22(31)21(33)14-32(20)40(37,38)18-4-3-10-30(36)13-18/h3-8,10,13,15,19-20,22H,9,11-12,14H2,1-2H3,(H,29,34). The summed E-state index contributed by atoms with van der Waals surface area (Å²) in [5.74, 6) is -2.35. The van der Waals surface area contributed by atoms with Gasteiger partial charge in [-0.05, 0) is 49.1 Å². The molecule has 0 saturated carbocycles. The number of rotatable bonds is 8. The van der Waals surface area contributed by atoms with E-state index in [1.165, 1.54) is 17.0 Å². The van der Waals surface area contributed by atoms with Crippen LogP contribution in [0.1, 0.15) is 37.0 Å². The number of Topliss-reactive ketones (excluding diaryl/α,β-unsaturated/α-hetero) is 1. The number of carbonyl (C=O) groups excluding carboxylic acids is 3. The zero-order valence-electron chi connectivity index (χ0n) is 21.5. The summed E-state index contributed by atoms with van der Waals surface area (Å²) in [6.45, 7) is 3.23. The molecule has 3 unspecified atom stereocenters. The summed E-state index contributed by atoms with van der Waals surface area (Å²) in [6.07, 6.45) is -2.51. The molecule has 2 aromatic rings. The third-order valence-corrected chi connectivity index (χ3v) is 8.53. The summed E-state index contributed by atoms with van der Waals surface area (Å²) >= 11 is 0. The number of amides is 2. The summed E-state index contributed by atoms with van der Waals surface area (Å²) in [7, 11) is -4.20. The number of hydrogen-bond donors (Lipinski definition) is 1. The molecule has 216 valence electrons. The lowest BCUT2D eigenvalue weighted by atomic mass is 10.0. The molecule has 2 aliphatic heterocycles. The highest BCUT2D eigenvalue weighted by Gasteiger charge is 2.54. The van der Waals surface area contributed by atoms with Crippen molar-refractivity contribution in [3.05, 3.63) is 59.6 Å². The monoisotopic (exact) mass is 584 g/mol.